The van der Waals surface area contributed by atoms with E-state index in [1.807, 2.05) is 0 Å². The second kappa shape index (κ2) is 8.12. The summed E-state index contributed by atoms with van der Waals surface area (Å²) in [5, 5.41) is 1.35. The number of nitrogens with zero attached hydrogens (tertiary/aromatic N) is 3. The van der Waals surface area contributed by atoms with Gasteiger partial charge in [-0.15, -0.1) is 11.3 Å². The predicted molar refractivity (Wildman–Crippen MR) is 117 cm³/mol. The number of carbonyl (C=O) groups is 1. The van der Waals surface area contributed by atoms with Crippen LogP contribution >= 0.6 is 22.9 Å². The molecule has 0 aromatic carbocycles. The Morgan fingerprint density at radius 3 is 2.65 bits per heavy atom. The third-order valence-corrected chi connectivity index (χ3v) is 8.55. The second-order valence-corrected chi connectivity index (χ2v) is 10.8. The van der Waals surface area contributed by atoms with Crippen molar-refractivity contribution in [3.05, 3.63) is 64.8 Å². The fourth-order valence-corrected chi connectivity index (χ4v) is 6.09. The summed E-state index contributed by atoms with van der Waals surface area (Å²) < 4.78 is 74.5. The Labute approximate surface area is 199 Å². The van der Waals surface area contributed by atoms with Gasteiger partial charge >= 0.3 is 6.18 Å². The Hall–Kier alpha value is -2.87. The largest absolute Gasteiger partial charge is 0.472 e. The van der Waals surface area contributed by atoms with E-state index in [1.165, 1.54) is 35.8 Å². The molecule has 0 atom stereocenters. The van der Waals surface area contributed by atoms with Crippen LogP contribution in [0.15, 0.2) is 57.0 Å². The van der Waals surface area contributed by atoms with Gasteiger partial charge in [0, 0.05) is 30.4 Å². The van der Waals surface area contributed by atoms with E-state index >= 15 is 0 Å². The molecule has 8 nitrogen and oxygen atoms in total. The Kier molecular flexibility index (Phi) is 5.47. The van der Waals surface area contributed by atoms with E-state index in [4.69, 9.17) is 16.0 Å². The van der Waals surface area contributed by atoms with Gasteiger partial charge in [0.15, 0.2) is 11.3 Å². The van der Waals surface area contributed by atoms with Gasteiger partial charge in [0.25, 0.3) is 5.91 Å². The minimum Gasteiger partial charge on any atom is -0.472 e. The van der Waals surface area contributed by atoms with Crippen molar-refractivity contribution in [3.63, 3.8) is 0 Å². The molecule has 34 heavy (non-hydrogen) atoms. The van der Waals surface area contributed by atoms with Gasteiger partial charge in [-0.1, -0.05) is 17.7 Å². The van der Waals surface area contributed by atoms with Crippen LogP contribution in [-0.2, 0) is 16.2 Å². The van der Waals surface area contributed by atoms with Gasteiger partial charge in [-0.05, 0) is 23.6 Å². The molecular formula is C20H14ClF3N4O4S2. The Bertz CT molecular complexity index is 1480. The number of pyridine rings is 1. The van der Waals surface area contributed by atoms with Crippen LogP contribution in [0, 0.1) is 0 Å². The van der Waals surface area contributed by atoms with Gasteiger partial charge in [-0.3, -0.25) is 9.20 Å². The van der Waals surface area contributed by atoms with Crippen molar-refractivity contribution >= 4 is 44.5 Å². The molecule has 4 aromatic heterocycles. The Balaban J connectivity index is 1.42. The molecule has 1 fully saturated rings. The van der Waals surface area contributed by atoms with E-state index in [-0.39, 0.29) is 33.7 Å². The average Bonchev–Trinajstić information content (AvgIpc) is 3.50. The molecule has 1 saturated heterocycles. The summed E-state index contributed by atoms with van der Waals surface area (Å²) in [5.41, 5.74) is -1.34. The molecule has 0 bridgehead atoms. The van der Waals surface area contributed by atoms with Crippen molar-refractivity contribution in [1.29, 1.82) is 0 Å². The lowest BCUT2D eigenvalue weighted by Gasteiger charge is -2.38. The third kappa shape index (κ3) is 3.98. The minimum absolute atomic E-state index is 0.0278. The van der Waals surface area contributed by atoms with Gasteiger partial charge < -0.3 is 9.32 Å². The number of amides is 1. The molecule has 0 unspecified atom stereocenters. The highest BCUT2D eigenvalue weighted by atomic mass is 35.5. The van der Waals surface area contributed by atoms with E-state index in [1.54, 1.807) is 11.4 Å². The number of alkyl halides is 3. The Morgan fingerprint density at radius 2 is 2.03 bits per heavy atom. The number of halogens is 4. The van der Waals surface area contributed by atoms with Crippen molar-refractivity contribution in [2.45, 2.75) is 16.4 Å². The molecule has 0 radical (unpaired) electrons. The minimum atomic E-state index is -4.75. The highest BCUT2D eigenvalue weighted by Gasteiger charge is 2.39. The zero-order chi connectivity index (χ0) is 24.3. The number of carbonyl (C=O) groups excluding carboxylic acids is 1. The molecule has 14 heteroatoms. The molecule has 0 spiro atoms. The van der Waals surface area contributed by atoms with Crippen molar-refractivity contribution in [3.8, 4) is 11.1 Å². The van der Waals surface area contributed by atoms with Crippen LogP contribution in [0.2, 0.25) is 5.15 Å². The number of hydrogen-bond donors (Lipinski definition) is 1. The molecule has 0 saturated carbocycles. The van der Waals surface area contributed by atoms with Crippen LogP contribution in [0.25, 0.3) is 16.8 Å². The first kappa shape index (κ1) is 22.9. The quantitative estimate of drug-likeness (QED) is 0.418. The van der Waals surface area contributed by atoms with Crippen LogP contribution in [-0.4, -0.2) is 47.7 Å². The van der Waals surface area contributed by atoms with Gasteiger partial charge in [0.1, 0.15) is 9.36 Å². The summed E-state index contributed by atoms with van der Waals surface area (Å²) in [6.45, 7) is 0.0556. The maximum Gasteiger partial charge on any atom is 0.420 e. The van der Waals surface area contributed by atoms with Crippen molar-refractivity contribution in [1.82, 2.24) is 19.0 Å². The number of nitrogens with one attached hydrogen (secondary N) is 1. The monoisotopic (exact) mass is 530 g/mol. The van der Waals surface area contributed by atoms with Crippen LogP contribution in [0.3, 0.4) is 0 Å². The van der Waals surface area contributed by atoms with E-state index in [0.29, 0.717) is 5.56 Å². The van der Waals surface area contributed by atoms with Crippen molar-refractivity contribution in [2.75, 3.05) is 13.1 Å². The topological polar surface area (TPSA) is 96.9 Å². The number of imidazole rings is 1. The zero-order valence-electron chi connectivity index (χ0n) is 16.9. The normalized spacial score (nSPS) is 15.1. The lowest BCUT2D eigenvalue weighted by molar-refractivity contribution is -0.136. The van der Waals surface area contributed by atoms with Crippen LogP contribution in [0.4, 0.5) is 13.2 Å². The van der Waals surface area contributed by atoms with E-state index in [0.717, 1.165) is 21.8 Å². The van der Waals surface area contributed by atoms with E-state index in [9.17, 15) is 26.4 Å². The highest BCUT2D eigenvalue weighted by Crippen LogP contribution is 2.37. The first-order valence-corrected chi connectivity index (χ1v) is 12.4. The van der Waals surface area contributed by atoms with Gasteiger partial charge in [0.05, 0.1) is 24.1 Å². The maximum absolute atomic E-state index is 13.8. The highest BCUT2D eigenvalue weighted by molar-refractivity contribution is 7.91. The summed E-state index contributed by atoms with van der Waals surface area (Å²) in [6, 6.07) is 4.94. The molecule has 5 heterocycles. The lowest BCUT2D eigenvalue weighted by atomic mass is 10.1. The SMILES string of the molecule is O=C(c1nc2c(C(F)(F)F)cc(-c3ccoc3)cn2c1Cl)N1CC(NS(=O)(=O)c2cccs2)C1. The van der Waals surface area contributed by atoms with Crippen LogP contribution in [0.5, 0.6) is 0 Å². The van der Waals surface area contributed by atoms with Crippen LogP contribution in [0.1, 0.15) is 16.1 Å². The standard InChI is InChI=1S/C20H14ClF3N4O4S2/c21-17-16(19(29)27-8-13(9-27)26-34(30,31)15-2-1-5-33-15)25-18-14(20(22,23)24)6-12(7-28(17)18)11-3-4-32-10-11/h1-7,10,13,26H,8-9H2. The van der Waals surface area contributed by atoms with Gasteiger partial charge in [-0.25, -0.2) is 18.1 Å². The molecular weight excluding hydrogens is 517 g/mol. The molecule has 0 aliphatic carbocycles. The van der Waals surface area contributed by atoms with Gasteiger partial charge in [0.2, 0.25) is 10.0 Å². The van der Waals surface area contributed by atoms with E-state index < -0.39 is 39.4 Å². The molecule has 4 aromatic rings. The lowest BCUT2D eigenvalue weighted by Crippen LogP contribution is -2.60. The first-order valence-electron chi connectivity index (χ1n) is 9.71. The van der Waals surface area contributed by atoms with Crippen LogP contribution < -0.4 is 4.72 Å². The number of sulfonamides is 1. The molecule has 178 valence electrons. The number of likely N-dealkylation sites (tertiary alicyclic amines) is 1. The van der Waals surface area contributed by atoms with Gasteiger partial charge in [-0.2, -0.15) is 13.2 Å². The molecule has 1 aliphatic heterocycles. The van der Waals surface area contributed by atoms with Crippen molar-refractivity contribution < 1.29 is 30.8 Å². The zero-order valence-corrected chi connectivity index (χ0v) is 19.3. The summed E-state index contributed by atoms with van der Waals surface area (Å²) >= 11 is 7.35. The number of furan rings is 1. The Morgan fingerprint density at radius 1 is 1.26 bits per heavy atom. The smallest absolute Gasteiger partial charge is 0.420 e. The number of rotatable bonds is 5. The average molecular weight is 531 g/mol. The van der Waals surface area contributed by atoms with E-state index in [2.05, 4.69) is 9.71 Å². The summed E-state index contributed by atoms with van der Waals surface area (Å²) in [6.07, 6.45) is -0.798. The second-order valence-electron chi connectivity index (χ2n) is 7.56. The molecule has 1 N–H and O–H groups in total. The number of hydrogen-bond acceptors (Lipinski definition) is 6. The molecule has 5 rings (SSSR count). The summed E-state index contributed by atoms with van der Waals surface area (Å²) in [5.74, 6) is -0.696. The predicted octanol–water partition coefficient (Wildman–Crippen LogP) is 4.13. The first-order chi connectivity index (χ1) is 16.0. The molecule has 1 amide bonds. The maximum atomic E-state index is 13.8. The number of thiophene rings is 1. The fourth-order valence-electron chi connectivity index (χ4n) is 3.61. The summed E-state index contributed by atoms with van der Waals surface area (Å²) in [7, 11) is -3.72. The van der Waals surface area contributed by atoms with Crippen molar-refractivity contribution in [2.24, 2.45) is 0 Å². The number of fused-ring (bicyclic) bond motifs is 1. The third-order valence-electron chi connectivity index (χ3n) is 5.27. The summed E-state index contributed by atoms with van der Waals surface area (Å²) in [4.78, 5) is 18.1. The number of aromatic nitrogens is 2. The fraction of sp³-hybridized carbons (Fsp3) is 0.200. The molecule has 1 aliphatic rings.